The maximum absolute atomic E-state index is 13.6. The van der Waals surface area contributed by atoms with Gasteiger partial charge in [0.2, 0.25) is 0 Å². The number of halogens is 1. The number of hydrogen-bond donors (Lipinski definition) is 2. The molecule has 3 aromatic rings. The molecule has 0 bridgehead atoms. The van der Waals surface area contributed by atoms with Gasteiger partial charge >= 0.3 is 0 Å². The van der Waals surface area contributed by atoms with E-state index in [1.165, 1.54) is 18.6 Å². The van der Waals surface area contributed by atoms with Gasteiger partial charge in [-0.15, -0.1) is 0 Å². The van der Waals surface area contributed by atoms with Crippen LogP contribution in [-0.4, -0.2) is 41.1 Å². The molecule has 3 atom stereocenters. The zero-order valence-electron chi connectivity index (χ0n) is 19.5. The Kier molecular flexibility index (Phi) is 6.94. The molecular weight excluding hydrogens is 449 g/mol. The normalized spacial score (nSPS) is 22.7. The van der Waals surface area contributed by atoms with Gasteiger partial charge in [0.15, 0.2) is 5.76 Å². The molecule has 9 heteroatoms. The minimum absolute atomic E-state index is 0.114. The number of benzene rings is 2. The van der Waals surface area contributed by atoms with Crippen LogP contribution in [0.1, 0.15) is 38.5 Å². The summed E-state index contributed by atoms with van der Waals surface area (Å²) in [4.78, 5) is 17.3. The lowest BCUT2D eigenvalue weighted by Gasteiger charge is -2.40. The molecule has 1 aromatic heterocycles. The number of non-ortho nitro benzene ring substituents is 1. The highest BCUT2D eigenvalue weighted by Gasteiger charge is 2.30. The fraction of sp³-hybridized carbons (Fsp3) is 0.423. The van der Waals surface area contributed by atoms with Crippen molar-refractivity contribution in [3.05, 3.63) is 70.7 Å². The van der Waals surface area contributed by atoms with Crippen LogP contribution in [-0.2, 0) is 0 Å². The molecular formula is C26H30FN5O3. The Balaban J connectivity index is 1.22. The van der Waals surface area contributed by atoms with Crippen LogP contribution in [0.2, 0.25) is 0 Å². The van der Waals surface area contributed by atoms with Crippen LogP contribution >= 0.6 is 0 Å². The number of nitro groups is 1. The maximum Gasteiger partial charge on any atom is 0.295 e. The number of nitro benzene ring substituents is 1. The Bertz CT molecular complexity index is 1150. The zero-order chi connectivity index (χ0) is 24.2. The van der Waals surface area contributed by atoms with Crippen LogP contribution < -0.4 is 15.5 Å². The van der Waals surface area contributed by atoms with E-state index in [1.54, 1.807) is 30.5 Å². The molecule has 184 valence electrons. The van der Waals surface area contributed by atoms with Crippen LogP contribution in [0.4, 0.5) is 21.8 Å². The molecule has 1 saturated heterocycles. The van der Waals surface area contributed by atoms with Crippen molar-refractivity contribution in [3.63, 3.8) is 0 Å². The Hall–Kier alpha value is -3.46. The summed E-state index contributed by atoms with van der Waals surface area (Å²) in [6.45, 7) is 1.81. The van der Waals surface area contributed by atoms with Gasteiger partial charge in [0, 0.05) is 54.6 Å². The topological polar surface area (TPSA) is 96.5 Å². The molecule has 5 rings (SSSR count). The smallest absolute Gasteiger partial charge is 0.295 e. The van der Waals surface area contributed by atoms with Crippen molar-refractivity contribution < 1.29 is 13.7 Å². The van der Waals surface area contributed by atoms with Crippen molar-refractivity contribution in [1.29, 1.82) is 0 Å². The summed E-state index contributed by atoms with van der Waals surface area (Å²) in [5.74, 6) is 0.235. The molecule has 0 radical (unpaired) electrons. The predicted molar refractivity (Wildman–Crippen MR) is 133 cm³/mol. The highest BCUT2D eigenvalue weighted by molar-refractivity contribution is 5.57. The number of nitrogens with zero attached hydrogens (tertiary/aromatic N) is 3. The summed E-state index contributed by atoms with van der Waals surface area (Å²) < 4.78 is 19.5. The summed E-state index contributed by atoms with van der Waals surface area (Å²) in [6, 6.07) is 14.4. The van der Waals surface area contributed by atoms with Gasteiger partial charge in [0.05, 0.1) is 11.1 Å². The highest BCUT2D eigenvalue weighted by atomic mass is 19.1. The monoisotopic (exact) mass is 479 g/mol. The van der Waals surface area contributed by atoms with Crippen LogP contribution in [0.3, 0.4) is 0 Å². The average Bonchev–Trinajstić information content (AvgIpc) is 3.34. The van der Waals surface area contributed by atoms with Crippen molar-refractivity contribution in [2.75, 3.05) is 23.3 Å². The molecule has 1 aliphatic heterocycles. The van der Waals surface area contributed by atoms with E-state index in [4.69, 9.17) is 4.42 Å². The van der Waals surface area contributed by atoms with Gasteiger partial charge in [-0.25, -0.2) is 9.37 Å². The molecule has 1 aliphatic carbocycles. The molecule has 2 fully saturated rings. The molecule has 2 aromatic carbocycles. The van der Waals surface area contributed by atoms with Crippen molar-refractivity contribution in [1.82, 2.24) is 10.3 Å². The van der Waals surface area contributed by atoms with E-state index < -0.39 is 0 Å². The Morgan fingerprint density at radius 1 is 1.06 bits per heavy atom. The Labute approximate surface area is 203 Å². The van der Waals surface area contributed by atoms with Gasteiger partial charge in [-0.1, -0.05) is 25.0 Å². The van der Waals surface area contributed by atoms with Crippen LogP contribution in [0, 0.1) is 15.9 Å². The van der Waals surface area contributed by atoms with Crippen LogP contribution in [0.25, 0.3) is 11.3 Å². The van der Waals surface area contributed by atoms with Gasteiger partial charge in [-0.2, -0.15) is 0 Å². The van der Waals surface area contributed by atoms with Gasteiger partial charge in [-0.05, 0) is 49.9 Å². The van der Waals surface area contributed by atoms with E-state index in [0.717, 1.165) is 50.9 Å². The van der Waals surface area contributed by atoms with Crippen LogP contribution in [0.5, 0.6) is 0 Å². The van der Waals surface area contributed by atoms with Crippen molar-refractivity contribution in [3.8, 4) is 11.3 Å². The molecule has 2 heterocycles. The third-order valence-corrected chi connectivity index (χ3v) is 6.99. The van der Waals surface area contributed by atoms with Crippen LogP contribution in [0.15, 0.2) is 59.1 Å². The van der Waals surface area contributed by atoms with E-state index in [2.05, 4.69) is 20.5 Å². The second kappa shape index (κ2) is 10.4. The Morgan fingerprint density at radius 3 is 2.63 bits per heavy atom. The number of nitrogens with one attached hydrogen (secondary N) is 2. The second-order valence-corrected chi connectivity index (χ2v) is 9.41. The largest absolute Gasteiger partial charge is 0.424 e. The summed E-state index contributed by atoms with van der Waals surface area (Å²) in [6.07, 6.45) is 8.20. The standard InChI is InChI=1S/C26H30FN5O3/c27-19-6-3-5-18(15-19)25-16-28-26(35-25)30-24-9-2-1-8-23(24)29-20-7-4-14-31(17-20)21-10-12-22(13-11-21)32(33)34/h3,5-6,10-13,15-16,20,23-24,29H,1-2,4,7-9,14,17H2,(H,28,30)/t20?,23-,24-/m1/s1. The minimum Gasteiger partial charge on any atom is -0.424 e. The van der Waals surface area contributed by atoms with E-state index >= 15 is 0 Å². The van der Waals surface area contributed by atoms with E-state index in [-0.39, 0.29) is 28.5 Å². The molecule has 1 saturated carbocycles. The number of oxazole rings is 1. The second-order valence-electron chi connectivity index (χ2n) is 9.41. The first-order valence-corrected chi connectivity index (χ1v) is 12.3. The van der Waals surface area contributed by atoms with Gasteiger partial charge in [-0.3, -0.25) is 10.1 Å². The predicted octanol–water partition coefficient (Wildman–Crippen LogP) is 5.37. The SMILES string of the molecule is O=[N+]([O-])c1ccc(N2CCCC(N[C@@H]3CCCC[C@H]3Nc3ncc(-c4cccc(F)c4)o3)C2)cc1. The summed E-state index contributed by atoms with van der Waals surface area (Å²) in [5.41, 5.74) is 1.80. The molecule has 8 nitrogen and oxygen atoms in total. The number of piperidine rings is 1. The van der Waals surface area contributed by atoms with E-state index in [9.17, 15) is 14.5 Å². The Morgan fingerprint density at radius 2 is 1.86 bits per heavy atom. The molecule has 35 heavy (non-hydrogen) atoms. The molecule has 1 unspecified atom stereocenters. The van der Waals surface area contributed by atoms with Gasteiger partial charge in [0.1, 0.15) is 5.82 Å². The third kappa shape index (κ3) is 5.62. The first kappa shape index (κ1) is 23.3. The third-order valence-electron chi connectivity index (χ3n) is 6.99. The number of hydrogen-bond acceptors (Lipinski definition) is 7. The lowest BCUT2D eigenvalue weighted by molar-refractivity contribution is -0.384. The van der Waals surface area contributed by atoms with Gasteiger partial charge in [0.25, 0.3) is 11.7 Å². The van der Waals surface area contributed by atoms with Gasteiger partial charge < -0.3 is 20.0 Å². The fourth-order valence-electron chi connectivity index (χ4n) is 5.21. The number of anilines is 2. The lowest BCUT2D eigenvalue weighted by Crippen LogP contribution is -2.54. The average molecular weight is 480 g/mol. The highest BCUT2D eigenvalue weighted by Crippen LogP contribution is 2.28. The molecule has 2 aliphatic rings. The molecule has 2 N–H and O–H groups in total. The fourth-order valence-corrected chi connectivity index (χ4v) is 5.21. The van der Waals surface area contributed by atoms with E-state index in [1.807, 2.05) is 12.1 Å². The minimum atomic E-state index is -0.366. The van der Waals surface area contributed by atoms with Crippen molar-refractivity contribution in [2.24, 2.45) is 0 Å². The first-order chi connectivity index (χ1) is 17.0. The summed E-state index contributed by atoms with van der Waals surface area (Å²) >= 11 is 0. The van der Waals surface area contributed by atoms with Crippen molar-refractivity contribution >= 4 is 17.4 Å². The first-order valence-electron chi connectivity index (χ1n) is 12.3. The maximum atomic E-state index is 13.6. The number of aromatic nitrogens is 1. The van der Waals surface area contributed by atoms with E-state index in [0.29, 0.717) is 23.4 Å². The number of rotatable bonds is 7. The molecule has 0 amide bonds. The quantitative estimate of drug-likeness (QED) is 0.347. The summed E-state index contributed by atoms with van der Waals surface area (Å²) in [5, 5.41) is 18.3. The zero-order valence-corrected chi connectivity index (χ0v) is 19.5. The van der Waals surface area contributed by atoms with Crippen molar-refractivity contribution in [2.45, 2.75) is 56.7 Å². The molecule has 0 spiro atoms. The summed E-state index contributed by atoms with van der Waals surface area (Å²) in [7, 11) is 0. The lowest BCUT2D eigenvalue weighted by atomic mass is 9.89.